The lowest BCUT2D eigenvalue weighted by molar-refractivity contribution is -0.150. The van der Waals surface area contributed by atoms with Crippen molar-refractivity contribution in [3.63, 3.8) is 0 Å². The van der Waals surface area contributed by atoms with Gasteiger partial charge in [0.25, 0.3) is 0 Å². The zero-order valence-corrected chi connectivity index (χ0v) is 12.2. The second kappa shape index (κ2) is 7.72. The van der Waals surface area contributed by atoms with Gasteiger partial charge in [-0.1, -0.05) is 11.2 Å². The van der Waals surface area contributed by atoms with Crippen molar-refractivity contribution in [1.29, 1.82) is 0 Å². The van der Waals surface area contributed by atoms with Crippen LogP contribution >= 0.6 is 0 Å². The van der Waals surface area contributed by atoms with Gasteiger partial charge in [-0.2, -0.15) is 0 Å². The van der Waals surface area contributed by atoms with Crippen LogP contribution in [0.3, 0.4) is 0 Å². The number of carbonyl (C=O) groups excluding carboxylic acids is 1. The highest BCUT2D eigenvalue weighted by atomic mass is 32.2. The summed E-state index contributed by atoms with van der Waals surface area (Å²) in [5.41, 5.74) is 0. The van der Waals surface area contributed by atoms with Crippen molar-refractivity contribution in [1.82, 2.24) is 10.2 Å². The number of rotatable bonds is 7. The van der Waals surface area contributed by atoms with Crippen LogP contribution in [-0.4, -0.2) is 63.6 Å². The van der Waals surface area contributed by atoms with Crippen molar-refractivity contribution >= 4 is 23.1 Å². The number of carboxylic acid groups (broad SMARTS) is 1. The molecule has 0 aromatic carbocycles. The third-order valence-corrected chi connectivity index (χ3v) is 4.13. The minimum atomic E-state index is -1.05. The molecule has 0 aromatic heterocycles. The molecule has 7 heteroatoms. The monoisotopic (exact) mass is 290 g/mol. The first-order valence-corrected chi connectivity index (χ1v) is 8.26. The number of hydrogen-bond acceptors (Lipinski definition) is 4. The van der Waals surface area contributed by atoms with Gasteiger partial charge in [-0.05, 0) is 26.3 Å². The number of nitrogens with zero attached hydrogens (tertiary/aromatic N) is 1. The van der Waals surface area contributed by atoms with Gasteiger partial charge < -0.3 is 19.9 Å². The van der Waals surface area contributed by atoms with E-state index in [2.05, 4.69) is 5.32 Å². The first-order chi connectivity index (χ1) is 8.97. The van der Waals surface area contributed by atoms with E-state index in [1.165, 1.54) is 11.2 Å². The molecule has 0 spiro atoms. The van der Waals surface area contributed by atoms with Gasteiger partial charge in [0.15, 0.2) is 0 Å². The Balaban J connectivity index is 2.71. The van der Waals surface area contributed by atoms with Crippen molar-refractivity contribution in [2.45, 2.75) is 38.3 Å². The molecule has 3 atom stereocenters. The zero-order valence-electron chi connectivity index (χ0n) is 11.4. The molecule has 2 N–H and O–H groups in total. The molecule has 1 aliphatic rings. The number of hydrogen-bond donors (Lipinski definition) is 2. The molecule has 0 bridgehead atoms. The van der Waals surface area contributed by atoms with E-state index in [4.69, 9.17) is 0 Å². The molecular weight excluding hydrogens is 268 g/mol. The van der Waals surface area contributed by atoms with Gasteiger partial charge in [-0.15, -0.1) is 0 Å². The third kappa shape index (κ3) is 4.67. The molecule has 1 amide bonds. The number of nitrogens with one attached hydrogen (secondary N) is 1. The number of carbonyl (C=O) groups is 2. The van der Waals surface area contributed by atoms with Crippen LogP contribution < -0.4 is 5.32 Å². The third-order valence-electron chi connectivity index (χ3n) is 3.32. The van der Waals surface area contributed by atoms with Gasteiger partial charge in [-0.25, -0.2) is 4.79 Å². The summed E-state index contributed by atoms with van der Waals surface area (Å²) in [6.45, 7) is 2.92. The fourth-order valence-electron chi connectivity index (χ4n) is 2.32. The summed E-state index contributed by atoms with van der Waals surface area (Å²) < 4.78 is 11.1. The molecule has 1 heterocycles. The van der Waals surface area contributed by atoms with Crippen LogP contribution in [0.25, 0.3) is 0 Å². The van der Waals surface area contributed by atoms with Crippen molar-refractivity contribution in [3.05, 3.63) is 0 Å². The largest absolute Gasteiger partial charge is 0.617 e. The van der Waals surface area contributed by atoms with Gasteiger partial charge >= 0.3 is 5.97 Å². The van der Waals surface area contributed by atoms with Gasteiger partial charge in [0.05, 0.1) is 12.3 Å². The van der Waals surface area contributed by atoms with Crippen LogP contribution in [0, 0.1) is 0 Å². The molecule has 0 aromatic rings. The number of likely N-dealkylation sites (N-methyl/N-ethyl adjacent to an activating group) is 1. The fraction of sp³-hybridized carbons (Fsp3) is 0.833. The molecule has 1 rings (SSSR count). The van der Waals surface area contributed by atoms with E-state index in [1.807, 2.05) is 0 Å². The lowest BCUT2D eigenvalue weighted by Gasteiger charge is -2.30. The summed E-state index contributed by atoms with van der Waals surface area (Å²) in [6.07, 6.45) is 3.45. The summed E-state index contributed by atoms with van der Waals surface area (Å²) in [7, 11) is 0. The smallest absolute Gasteiger partial charge is 0.326 e. The van der Waals surface area contributed by atoms with E-state index in [-0.39, 0.29) is 18.4 Å². The number of aliphatic carboxylic acids is 1. The molecule has 2 unspecified atom stereocenters. The molecule has 1 saturated heterocycles. The second-order valence-electron chi connectivity index (χ2n) is 4.69. The molecule has 19 heavy (non-hydrogen) atoms. The Bertz CT molecular complexity index is 319. The predicted octanol–water partition coefficient (Wildman–Crippen LogP) is -0.191. The summed E-state index contributed by atoms with van der Waals surface area (Å²) in [6, 6.07) is -1.15. The maximum Gasteiger partial charge on any atom is 0.326 e. The zero-order chi connectivity index (χ0) is 14.4. The Morgan fingerprint density at radius 2 is 2.26 bits per heavy atom. The van der Waals surface area contributed by atoms with E-state index >= 15 is 0 Å². The lowest BCUT2D eigenvalue weighted by Crippen LogP contribution is -2.51. The van der Waals surface area contributed by atoms with Crippen LogP contribution in [-0.2, 0) is 20.8 Å². The molecule has 1 aliphatic heterocycles. The Kier molecular flexibility index (Phi) is 6.60. The average Bonchev–Trinajstić information content (AvgIpc) is 2.86. The van der Waals surface area contributed by atoms with Crippen LogP contribution in [0.4, 0.5) is 0 Å². The Hall–Kier alpha value is -0.790. The van der Waals surface area contributed by atoms with E-state index in [0.29, 0.717) is 12.3 Å². The fourth-order valence-corrected chi connectivity index (χ4v) is 2.87. The summed E-state index contributed by atoms with van der Waals surface area (Å²) >= 11 is -1.05. The highest BCUT2D eigenvalue weighted by molar-refractivity contribution is 7.90. The van der Waals surface area contributed by atoms with Crippen molar-refractivity contribution < 1.29 is 19.2 Å². The van der Waals surface area contributed by atoms with E-state index in [0.717, 1.165) is 19.4 Å². The summed E-state index contributed by atoms with van der Waals surface area (Å²) in [4.78, 5) is 25.0. The molecule has 1 fully saturated rings. The maximum absolute atomic E-state index is 12.3. The SMILES string of the molecule is CCN(C(=O)C1CCCN1)[C@@H](CC[S+](C)[O-])C(=O)O. The minimum absolute atomic E-state index is 0.158. The molecule has 0 aliphatic carbocycles. The molecule has 0 radical (unpaired) electrons. The van der Waals surface area contributed by atoms with Crippen molar-refractivity contribution in [2.24, 2.45) is 0 Å². The topological polar surface area (TPSA) is 92.7 Å². The van der Waals surface area contributed by atoms with Gasteiger partial charge in [0.2, 0.25) is 5.91 Å². The van der Waals surface area contributed by atoms with Gasteiger partial charge in [-0.3, -0.25) is 4.79 Å². The molecule has 6 nitrogen and oxygen atoms in total. The van der Waals surface area contributed by atoms with E-state index in [1.54, 1.807) is 6.92 Å². The second-order valence-corrected chi connectivity index (χ2v) is 6.25. The Morgan fingerprint density at radius 3 is 2.68 bits per heavy atom. The van der Waals surface area contributed by atoms with Gasteiger partial charge in [0.1, 0.15) is 11.8 Å². The van der Waals surface area contributed by atoms with Crippen LogP contribution in [0.1, 0.15) is 26.2 Å². The number of carboxylic acids is 1. The van der Waals surface area contributed by atoms with Crippen molar-refractivity contribution in [3.8, 4) is 0 Å². The maximum atomic E-state index is 12.3. The van der Waals surface area contributed by atoms with E-state index in [9.17, 15) is 19.2 Å². The normalized spacial score (nSPS) is 21.9. The molecular formula is C12H22N2O4S. The first kappa shape index (κ1) is 16.3. The van der Waals surface area contributed by atoms with Crippen LogP contribution in [0.5, 0.6) is 0 Å². The van der Waals surface area contributed by atoms with Crippen molar-refractivity contribution in [2.75, 3.05) is 25.1 Å². The minimum Gasteiger partial charge on any atom is -0.617 e. The Labute approximate surface area is 116 Å². The molecule has 0 saturated carbocycles. The lowest BCUT2D eigenvalue weighted by atomic mass is 10.1. The summed E-state index contributed by atoms with van der Waals surface area (Å²) in [5.74, 6) is -0.897. The standard InChI is InChI=1S/C12H22N2O4S/c1-3-14(11(15)9-5-4-7-13-9)10(12(16)17)6-8-19(2)18/h9-10,13H,3-8H2,1-2H3,(H,16,17)/t9?,10-,19?/m0/s1. The van der Waals surface area contributed by atoms with Crippen LogP contribution in [0.2, 0.25) is 0 Å². The Morgan fingerprint density at radius 1 is 1.58 bits per heavy atom. The van der Waals surface area contributed by atoms with Gasteiger partial charge in [0, 0.05) is 13.0 Å². The highest BCUT2D eigenvalue weighted by Gasteiger charge is 2.34. The predicted molar refractivity (Wildman–Crippen MR) is 73.4 cm³/mol. The van der Waals surface area contributed by atoms with Crippen LogP contribution in [0.15, 0.2) is 0 Å². The first-order valence-electron chi connectivity index (χ1n) is 6.54. The number of amides is 1. The summed E-state index contributed by atoms with van der Waals surface area (Å²) in [5, 5.41) is 12.4. The van der Waals surface area contributed by atoms with E-state index < -0.39 is 23.2 Å². The average molecular weight is 290 g/mol. The molecule has 110 valence electrons. The highest BCUT2D eigenvalue weighted by Crippen LogP contribution is 2.14. The quantitative estimate of drug-likeness (QED) is 0.634.